The van der Waals surface area contributed by atoms with Crippen LogP contribution in [-0.4, -0.2) is 25.0 Å². The van der Waals surface area contributed by atoms with Gasteiger partial charge in [0.1, 0.15) is 11.6 Å². The van der Waals surface area contributed by atoms with E-state index in [1.54, 1.807) is 18.2 Å². The molecular formula is C28H26BrN3O4. The molecule has 0 aliphatic carbocycles. The van der Waals surface area contributed by atoms with Crippen LogP contribution in [0.4, 0.5) is 11.4 Å². The molecule has 3 aromatic carbocycles. The van der Waals surface area contributed by atoms with Gasteiger partial charge in [0.2, 0.25) is 0 Å². The molecule has 7 nitrogen and oxygen atoms in total. The number of nitrogens with zero attached hydrogens (tertiary/aromatic N) is 1. The summed E-state index contributed by atoms with van der Waals surface area (Å²) in [6, 6.07) is 20.0. The van der Waals surface area contributed by atoms with Gasteiger partial charge in [0.05, 0.1) is 11.1 Å². The second kappa shape index (κ2) is 12.6. The summed E-state index contributed by atoms with van der Waals surface area (Å²) in [6.07, 6.45) is 1.46. The number of amides is 2. The molecule has 2 N–H and O–H groups in total. The molecule has 2 amide bonds. The van der Waals surface area contributed by atoms with Gasteiger partial charge in [-0.05, 0) is 90.3 Å². The zero-order valence-corrected chi connectivity index (χ0v) is 21.8. The van der Waals surface area contributed by atoms with Crippen LogP contribution < -0.4 is 20.1 Å². The molecule has 0 saturated heterocycles. The summed E-state index contributed by atoms with van der Waals surface area (Å²) in [6.45, 7) is 5.82. The number of hydrogen-bond acceptors (Lipinski definition) is 5. The van der Waals surface area contributed by atoms with E-state index in [0.717, 1.165) is 11.1 Å². The minimum Gasteiger partial charge on any atom is -0.490 e. The molecule has 0 bridgehead atoms. The Morgan fingerprint density at radius 1 is 0.972 bits per heavy atom. The molecule has 0 radical (unpaired) electrons. The minimum absolute atomic E-state index is 0.0722. The molecule has 0 aliphatic rings. The molecule has 184 valence electrons. The van der Waals surface area contributed by atoms with Crippen LogP contribution >= 0.6 is 15.9 Å². The molecule has 3 rings (SSSR count). The number of rotatable bonds is 9. The molecule has 36 heavy (non-hydrogen) atoms. The lowest BCUT2D eigenvalue weighted by molar-refractivity contribution is -0.118. The molecule has 8 heteroatoms. The summed E-state index contributed by atoms with van der Waals surface area (Å²) in [7, 11) is 0. The number of nitriles is 1. The van der Waals surface area contributed by atoms with Gasteiger partial charge in [-0.2, -0.15) is 5.26 Å². The van der Waals surface area contributed by atoms with Crippen molar-refractivity contribution in [1.82, 2.24) is 0 Å². The van der Waals surface area contributed by atoms with Crippen LogP contribution in [0.1, 0.15) is 23.6 Å². The molecule has 0 aromatic heterocycles. The van der Waals surface area contributed by atoms with Crippen LogP contribution in [0.2, 0.25) is 0 Å². The number of ether oxygens (including phenoxy) is 2. The highest BCUT2D eigenvalue weighted by Crippen LogP contribution is 2.37. The Bertz CT molecular complexity index is 1330. The lowest BCUT2D eigenvalue weighted by atomic mass is 10.1. The Balaban J connectivity index is 1.76. The third-order valence-electron chi connectivity index (χ3n) is 4.97. The van der Waals surface area contributed by atoms with Gasteiger partial charge in [0.15, 0.2) is 18.1 Å². The maximum Gasteiger partial charge on any atom is 0.266 e. The summed E-state index contributed by atoms with van der Waals surface area (Å²) in [5.41, 5.74) is 3.84. The van der Waals surface area contributed by atoms with Crippen LogP contribution in [0.5, 0.6) is 11.5 Å². The summed E-state index contributed by atoms with van der Waals surface area (Å²) in [5, 5.41) is 15.1. The van der Waals surface area contributed by atoms with Crippen LogP contribution in [0.3, 0.4) is 0 Å². The highest BCUT2D eigenvalue weighted by Gasteiger charge is 2.16. The van der Waals surface area contributed by atoms with Crippen LogP contribution in [-0.2, 0) is 9.59 Å². The third kappa shape index (κ3) is 7.45. The first-order valence-electron chi connectivity index (χ1n) is 11.2. The molecular weight excluding hydrogens is 522 g/mol. The van der Waals surface area contributed by atoms with Crippen LogP contribution in [0.25, 0.3) is 6.08 Å². The van der Waals surface area contributed by atoms with E-state index < -0.39 is 5.91 Å². The summed E-state index contributed by atoms with van der Waals surface area (Å²) < 4.78 is 12.0. The van der Waals surface area contributed by atoms with Gasteiger partial charge in [0, 0.05) is 11.4 Å². The standard InChI is InChI=1S/C28H26BrN3O4/c1-4-35-25-15-20(13-21(16-30)28(34)32-23-7-5-6-19(3)12-23)14-24(29)27(25)36-17-26(33)31-22-10-8-18(2)9-11-22/h5-15H,4,17H2,1-3H3,(H,31,33)(H,32,34)/b21-13+. The zero-order valence-electron chi connectivity index (χ0n) is 20.2. The van der Waals surface area contributed by atoms with Gasteiger partial charge in [-0.3, -0.25) is 9.59 Å². The first-order chi connectivity index (χ1) is 17.3. The SMILES string of the molecule is CCOc1cc(/C=C(\C#N)C(=O)Nc2cccc(C)c2)cc(Br)c1OCC(=O)Nc1ccc(C)cc1. The number of halogens is 1. The van der Waals surface area contributed by atoms with Crippen molar-refractivity contribution in [2.24, 2.45) is 0 Å². The molecule has 0 fully saturated rings. The van der Waals surface area contributed by atoms with Gasteiger partial charge < -0.3 is 20.1 Å². The third-order valence-corrected chi connectivity index (χ3v) is 5.56. The first kappa shape index (κ1) is 26.5. The van der Waals surface area contributed by atoms with E-state index in [1.165, 1.54) is 6.08 Å². The monoisotopic (exact) mass is 547 g/mol. The van der Waals surface area contributed by atoms with Crippen molar-refractivity contribution >= 4 is 45.2 Å². The molecule has 0 spiro atoms. The minimum atomic E-state index is -0.523. The Labute approximate surface area is 218 Å². The summed E-state index contributed by atoms with van der Waals surface area (Å²) in [4.78, 5) is 25.0. The Hall–Kier alpha value is -4.09. The maximum absolute atomic E-state index is 12.7. The van der Waals surface area contributed by atoms with E-state index in [0.29, 0.717) is 39.5 Å². The van der Waals surface area contributed by atoms with Crippen molar-refractivity contribution in [3.8, 4) is 17.6 Å². The van der Waals surface area contributed by atoms with Gasteiger partial charge in [-0.25, -0.2) is 0 Å². The second-order valence-corrected chi connectivity index (χ2v) is 8.81. The zero-order chi connectivity index (χ0) is 26.1. The quantitative estimate of drug-likeness (QED) is 0.251. The smallest absolute Gasteiger partial charge is 0.266 e. The predicted octanol–water partition coefficient (Wildman–Crippen LogP) is 6.03. The maximum atomic E-state index is 12.7. The van der Waals surface area contributed by atoms with E-state index in [9.17, 15) is 14.9 Å². The number of aryl methyl sites for hydroxylation is 2. The van der Waals surface area contributed by atoms with Crippen molar-refractivity contribution in [2.75, 3.05) is 23.8 Å². The van der Waals surface area contributed by atoms with Crippen molar-refractivity contribution in [1.29, 1.82) is 5.26 Å². The molecule has 0 unspecified atom stereocenters. The van der Waals surface area contributed by atoms with Gasteiger partial charge in [0.25, 0.3) is 11.8 Å². The molecule has 3 aromatic rings. The Morgan fingerprint density at radius 2 is 1.72 bits per heavy atom. The van der Waals surface area contributed by atoms with E-state index >= 15 is 0 Å². The molecule has 0 saturated carbocycles. The molecule has 0 heterocycles. The predicted molar refractivity (Wildman–Crippen MR) is 144 cm³/mol. The molecule has 0 aliphatic heterocycles. The summed E-state index contributed by atoms with van der Waals surface area (Å²) >= 11 is 3.45. The topological polar surface area (TPSA) is 100 Å². The number of benzene rings is 3. The van der Waals surface area contributed by atoms with Gasteiger partial charge >= 0.3 is 0 Å². The lowest BCUT2D eigenvalue weighted by Gasteiger charge is -2.15. The molecule has 0 atom stereocenters. The van der Waals surface area contributed by atoms with Crippen LogP contribution in [0, 0.1) is 25.2 Å². The van der Waals surface area contributed by atoms with Crippen molar-refractivity contribution in [2.45, 2.75) is 20.8 Å². The van der Waals surface area contributed by atoms with Crippen LogP contribution in [0.15, 0.2) is 70.7 Å². The van der Waals surface area contributed by atoms with Crippen molar-refractivity contribution in [3.63, 3.8) is 0 Å². The highest BCUT2D eigenvalue weighted by molar-refractivity contribution is 9.10. The number of nitrogens with one attached hydrogen (secondary N) is 2. The normalized spacial score (nSPS) is 10.8. The van der Waals surface area contributed by atoms with E-state index in [4.69, 9.17) is 9.47 Å². The van der Waals surface area contributed by atoms with Gasteiger partial charge in [-0.1, -0.05) is 29.8 Å². The second-order valence-electron chi connectivity index (χ2n) is 7.96. The number of carbonyl (C=O) groups excluding carboxylic acids is 2. The van der Waals surface area contributed by atoms with Gasteiger partial charge in [-0.15, -0.1) is 0 Å². The van der Waals surface area contributed by atoms with Crippen molar-refractivity contribution < 1.29 is 19.1 Å². The van der Waals surface area contributed by atoms with Crippen molar-refractivity contribution in [3.05, 3.63) is 87.4 Å². The van der Waals surface area contributed by atoms with E-state index in [2.05, 4.69) is 26.6 Å². The Morgan fingerprint density at radius 3 is 2.39 bits per heavy atom. The lowest BCUT2D eigenvalue weighted by Crippen LogP contribution is -2.20. The van der Waals surface area contributed by atoms with E-state index in [1.807, 2.05) is 69.3 Å². The fourth-order valence-corrected chi connectivity index (χ4v) is 3.86. The Kier molecular flexibility index (Phi) is 9.25. The fraction of sp³-hybridized carbons (Fsp3) is 0.179. The average Bonchev–Trinajstić information content (AvgIpc) is 2.83. The van der Waals surface area contributed by atoms with E-state index in [-0.39, 0.29) is 18.1 Å². The number of anilines is 2. The fourth-order valence-electron chi connectivity index (χ4n) is 3.28. The first-order valence-corrected chi connectivity index (χ1v) is 12.0. The average molecular weight is 548 g/mol. The largest absolute Gasteiger partial charge is 0.490 e. The highest BCUT2D eigenvalue weighted by atomic mass is 79.9. The number of hydrogen-bond donors (Lipinski definition) is 2. The summed E-state index contributed by atoms with van der Waals surface area (Å²) in [5.74, 6) is -0.129. The number of carbonyl (C=O) groups is 2.